The molecule has 1 radical (unpaired) electrons. The predicted octanol–water partition coefficient (Wildman–Crippen LogP) is 5.06. The maximum absolute atomic E-state index is 13.9. The minimum atomic E-state index is -4.51. The van der Waals surface area contributed by atoms with Crippen molar-refractivity contribution in [1.82, 2.24) is 5.32 Å². The average molecular weight is 634 g/mol. The normalized spacial score (nSPS) is 14.5. The number of para-hydroxylation sites is 1. The zero-order chi connectivity index (χ0) is 30.1. The number of nitrogens with one attached hydrogen (secondary N) is 1. The van der Waals surface area contributed by atoms with Gasteiger partial charge in [-0.05, 0) is 58.1 Å². The van der Waals surface area contributed by atoms with Crippen LogP contribution in [0.3, 0.4) is 0 Å². The van der Waals surface area contributed by atoms with Crippen LogP contribution in [0.25, 0.3) is 11.1 Å². The maximum atomic E-state index is 13.9. The van der Waals surface area contributed by atoms with Gasteiger partial charge in [-0.2, -0.15) is 13.2 Å². The first kappa shape index (κ1) is 32.9. The van der Waals surface area contributed by atoms with Crippen LogP contribution >= 0.6 is 0 Å². The number of anilines is 1. The van der Waals surface area contributed by atoms with E-state index < -0.39 is 39.7 Å². The molecule has 12 heteroatoms. The second-order valence-electron chi connectivity index (χ2n) is 9.86. The summed E-state index contributed by atoms with van der Waals surface area (Å²) in [6.45, 7) is 0.110. The number of nitrogens with zero attached hydrogens (tertiary/aromatic N) is 1. The van der Waals surface area contributed by atoms with Gasteiger partial charge in [0.15, 0.2) is 0 Å². The largest absolute Gasteiger partial charge is 0.481 e. The van der Waals surface area contributed by atoms with Crippen LogP contribution in [0, 0.1) is 0 Å². The number of fused-ring (bicyclic) bond motifs is 1. The third-order valence-corrected chi connectivity index (χ3v) is 8.84. The Labute approximate surface area is 289 Å². The van der Waals surface area contributed by atoms with Crippen LogP contribution in [0.4, 0.5) is 18.9 Å². The fraction of sp³-hybridized carbons (Fsp3) is 0.161. The maximum Gasteiger partial charge on any atom is 0.416 e. The molecule has 5 rings (SSSR count). The molecule has 0 aliphatic carbocycles. The number of carbonyl (C=O) groups is 2. The van der Waals surface area contributed by atoms with Gasteiger partial charge in [0.05, 0.1) is 22.6 Å². The summed E-state index contributed by atoms with van der Waals surface area (Å²) in [7, 11) is -4.24. The molecule has 217 valence electrons. The van der Waals surface area contributed by atoms with Gasteiger partial charge in [0.25, 0.3) is 10.0 Å². The summed E-state index contributed by atoms with van der Waals surface area (Å²) in [6, 6.07) is 22.7. The average Bonchev–Trinajstić information content (AvgIpc) is 3.37. The summed E-state index contributed by atoms with van der Waals surface area (Å²) in [4.78, 5) is 24.1. The molecule has 0 spiro atoms. The van der Waals surface area contributed by atoms with Crippen molar-refractivity contribution in [2.24, 2.45) is 0 Å². The summed E-state index contributed by atoms with van der Waals surface area (Å²) in [5.74, 6) is -1.46. The zero-order valence-electron chi connectivity index (χ0n) is 23.0. The van der Waals surface area contributed by atoms with E-state index in [1.54, 1.807) is 48.5 Å². The molecule has 1 heterocycles. The number of alkyl halides is 3. The van der Waals surface area contributed by atoms with Crippen molar-refractivity contribution in [3.63, 3.8) is 0 Å². The SMILES string of the molecule is O=C(O)Cc1ccc(CNC(=O)[C@@H]2Cc3ccccc3N2S(=O)(=O)c2ccc(-c3cccc(C(F)(F)F)c3)cc2)cc1.[K]. The molecule has 4 aromatic rings. The molecule has 1 atom stereocenters. The van der Waals surface area contributed by atoms with Crippen LogP contribution in [0.2, 0.25) is 0 Å². The molecule has 0 saturated carbocycles. The van der Waals surface area contributed by atoms with E-state index in [1.807, 2.05) is 0 Å². The minimum Gasteiger partial charge on any atom is -0.481 e. The number of carbonyl (C=O) groups excluding carboxylic acids is 1. The summed E-state index contributed by atoms with van der Waals surface area (Å²) in [5.41, 5.74) is 2.26. The zero-order valence-corrected chi connectivity index (χ0v) is 26.9. The number of hydrogen-bond donors (Lipinski definition) is 2. The standard InChI is InChI=1S/C31H25F3N2O5S.K/c32-31(33,34)25-6-3-5-23(17-25)22-12-14-26(15-13-22)42(40,41)36-27-7-2-1-4-24(27)18-28(36)30(39)35-19-21-10-8-20(9-11-21)16-29(37)38;/h1-15,17,28H,16,18-19H2,(H,35,39)(H,37,38);/t28-;/m0./s1. The summed E-state index contributed by atoms with van der Waals surface area (Å²) >= 11 is 0. The van der Waals surface area contributed by atoms with Gasteiger partial charge in [-0.15, -0.1) is 0 Å². The third kappa shape index (κ3) is 7.39. The number of aliphatic carboxylic acids is 1. The van der Waals surface area contributed by atoms with Gasteiger partial charge in [-0.1, -0.05) is 66.7 Å². The number of carboxylic acid groups (broad SMARTS) is 1. The van der Waals surface area contributed by atoms with E-state index in [4.69, 9.17) is 5.11 Å². The number of rotatable bonds is 8. The molecule has 2 N–H and O–H groups in total. The van der Waals surface area contributed by atoms with Crippen molar-refractivity contribution in [1.29, 1.82) is 0 Å². The molecule has 0 saturated heterocycles. The van der Waals surface area contributed by atoms with E-state index >= 15 is 0 Å². The van der Waals surface area contributed by atoms with E-state index in [0.717, 1.165) is 16.4 Å². The summed E-state index contributed by atoms with van der Waals surface area (Å²) in [6.07, 6.45) is -4.48. The minimum absolute atomic E-state index is 0. The molecule has 1 amide bonds. The van der Waals surface area contributed by atoms with Gasteiger partial charge in [-0.25, -0.2) is 8.42 Å². The monoisotopic (exact) mass is 633 g/mol. The number of hydrogen-bond acceptors (Lipinski definition) is 4. The van der Waals surface area contributed by atoms with Crippen molar-refractivity contribution < 1.29 is 36.3 Å². The number of carboxylic acids is 1. The number of halogens is 3. The molecule has 1 aliphatic rings. The van der Waals surface area contributed by atoms with Crippen molar-refractivity contribution in [2.45, 2.75) is 36.5 Å². The summed E-state index contributed by atoms with van der Waals surface area (Å²) in [5, 5.41) is 11.7. The Morgan fingerprint density at radius 1 is 0.860 bits per heavy atom. The predicted molar refractivity (Wildman–Crippen MR) is 156 cm³/mol. The Morgan fingerprint density at radius 3 is 2.16 bits per heavy atom. The second-order valence-corrected chi connectivity index (χ2v) is 11.7. The quantitative estimate of drug-likeness (QED) is 0.264. The fourth-order valence-corrected chi connectivity index (χ4v) is 6.57. The van der Waals surface area contributed by atoms with Crippen LogP contribution < -0.4 is 9.62 Å². The fourth-order valence-electron chi connectivity index (χ4n) is 4.92. The van der Waals surface area contributed by atoms with E-state index in [1.165, 1.54) is 36.4 Å². The van der Waals surface area contributed by atoms with Gasteiger partial charge < -0.3 is 10.4 Å². The second kappa shape index (κ2) is 13.3. The van der Waals surface area contributed by atoms with Gasteiger partial charge >= 0.3 is 12.1 Å². The molecule has 1 aliphatic heterocycles. The molecule has 0 unspecified atom stereocenters. The Bertz CT molecular complexity index is 1740. The Kier molecular flexibility index (Phi) is 10.2. The molecule has 43 heavy (non-hydrogen) atoms. The molecule has 0 bridgehead atoms. The number of benzene rings is 4. The van der Waals surface area contributed by atoms with E-state index in [9.17, 15) is 31.2 Å². The smallest absolute Gasteiger partial charge is 0.416 e. The van der Waals surface area contributed by atoms with Crippen molar-refractivity contribution >= 4 is 79.0 Å². The van der Waals surface area contributed by atoms with Crippen LogP contribution in [-0.4, -0.2) is 82.8 Å². The van der Waals surface area contributed by atoms with Crippen LogP contribution in [0.5, 0.6) is 0 Å². The van der Waals surface area contributed by atoms with E-state index in [2.05, 4.69) is 5.32 Å². The van der Waals surface area contributed by atoms with E-state index in [-0.39, 0.29) is 81.2 Å². The Morgan fingerprint density at radius 2 is 1.51 bits per heavy atom. The first-order valence-corrected chi connectivity index (χ1v) is 14.3. The third-order valence-electron chi connectivity index (χ3n) is 7.01. The summed E-state index contributed by atoms with van der Waals surface area (Å²) < 4.78 is 68.4. The number of amides is 1. The Hall–Kier alpha value is -3.00. The number of sulfonamides is 1. The topological polar surface area (TPSA) is 104 Å². The van der Waals surface area contributed by atoms with Crippen molar-refractivity contribution in [3.8, 4) is 11.1 Å². The molecular formula is C31H25F3KN2O5S. The van der Waals surface area contributed by atoms with Crippen LogP contribution in [0.15, 0.2) is 102 Å². The van der Waals surface area contributed by atoms with E-state index in [0.29, 0.717) is 27.9 Å². The van der Waals surface area contributed by atoms with Gasteiger partial charge in [0.2, 0.25) is 5.91 Å². The van der Waals surface area contributed by atoms with Crippen LogP contribution in [-0.2, 0) is 45.2 Å². The van der Waals surface area contributed by atoms with Crippen molar-refractivity contribution in [2.75, 3.05) is 4.31 Å². The molecule has 0 fully saturated rings. The van der Waals surface area contributed by atoms with Crippen molar-refractivity contribution in [3.05, 3.63) is 119 Å². The molecular weight excluding hydrogens is 609 g/mol. The molecule has 0 aromatic heterocycles. The molecule has 4 aromatic carbocycles. The van der Waals surface area contributed by atoms with Crippen LogP contribution in [0.1, 0.15) is 22.3 Å². The first-order valence-electron chi connectivity index (χ1n) is 12.9. The van der Waals surface area contributed by atoms with Gasteiger partial charge in [-0.3, -0.25) is 13.9 Å². The van der Waals surface area contributed by atoms with Gasteiger partial charge in [0.1, 0.15) is 6.04 Å². The first-order chi connectivity index (χ1) is 19.9. The van der Waals surface area contributed by atoms with Gasteiger partial charge in [0, 0.05) is 64.4 Å². The molecule has 7 nitrogen and oxygen atoms in total. The Balaban J connectivity index is 0.00000423.